The summed E-state index contributed by atoms with van der Waals surface area (Å²) >= 11 is 2.81. The van der Waals surface area contributed by atoms with Gasteiger partial charge in [0.1, 0.15) is 22.1 Å². The first kappa shape index (κ1) is 23.0. The number of nitrogens with zero attached hydrogens (tertiary/aromatic N) is 1. The van der Waals surface area contributed by atoms with Gasteiger partial charge in [0, 0.05) is 17.5 Å². The van der Waals surface area contributed by atoms with Crippen molar-refractivity contribution in [3.8, 4) is 11.1 Å². The third-order valence-corrected chi connectivity index (χ3v) is 7.32. The number of amides is 1. The number of aromatic nitrogens is 1. The summed E-state index contributed by atoms with van der Waals surface area (Å²) in [6.07, 6.45) is 0. The van der Waals surface area contributed by atoms with E-state index in [9.17, 15) is 14.0 Å². The fourth-order valence-corrected chi connectivity index (χ4v) is 5.78. The number of anilines is 1. The molecule has 0 atom stereocenters. The van der Waals surface area contributed by atoms with Crippen molar-refractivity contribution >= 4 is 49.8 Å². The summed E-state index contributed by atoms with van der Waals surface area (Å²) in [6.45, 7) is 2.31. The first-order valence-electron chi connectivity index (χ1n) is 11.0. The first-order chi connectivity index (χ1) is 17.0. The van der Waals surface area contributed by atoms with Crippen molar-refractivity contribution in [2.24, 2.45) is 0 Å². The van der Waals surface area contributed by atoms with Crippen molar-refractivity contribution in [1.82, 2.24) is 4.57 Å². The molecule has 5 nitrogen and oxygen atoms in total. The number of carbonyl (C=O) groups excluding carboxylic acids is 2. The zero-order chi connectivity index (χ0) is 24.4. The second-order valence-corrected chi connectivity index (χ2v) is 9.64. The molecule has 2 aromatic carbocycles. The Morgan fingerprint density at radius 1 is 1.03 bits per heavy atom. The Morgan fingerprint density at radius 3 is 2.63 bits per heavy atom. The molecule has 0 radical (unpaired) electrons. The zero-order valence-electron chi connectivity index (χ0n) is 18.8. The number of halogens is 1. The van der Waals surface area contributed by atoms with Crippen LogP contribution < -0.4 is 5.32 Å². The zero-order valence-corrected chi connectivity index (χ0v) is 20.4. The number of carbonyl (C=O) groups is 2. The predicted molar refractivity (Wildman–Crippen MR) is 139 cm³/mol. The number of hydrogen-bond acceptors (Lipinski definition) is 5. The van der Waals surface area contributed by atoms with Crippen LogP contribution in [-0.2, 0) is 11.3 Å². The number of rotatable bonds is 7. The standard InChI is InChI=1S/C27H21FN2O3S2/c1-2-33-27(32)24-20(18-8-4-3-5-9-18)16-35-26(24)29-25(31)22-14-23-21(11-12-34-23)30(22)15-17-7-6-10-19(28)13-17/h3-14,16H,2,15H2,1H3,(H,29,31). The molecule has 0 unspecified atom stereocenters. The normalized spacial score (nSPS) is 11.0. The van der Waals surface area contributed by atoms with Crippen LogP contribution in [0.1, 0.15) is 33.3 Å². The SMILES string of the molecule is CCOC(=O)c1c(-c2ccccc2)csc1NC(=O)c1cc2sccc2n1Cc1cccc(F)c1. The minimum Gasteiger partial charge on any atom is -0.462 e. The van der Waals surface area contributed by atoms with Gasteiger partial charge in [-0.2, -0.15) is 0 Å². The highest BCUT2D eigenvalue weighted by atomic mass is 32.1. The number of benzene rings is 2. The molecule has 5 aromatic rings. The van der Waals surface area contributed by atoms with Crippen LogP contribution in [0.5, 0.6) is 0 Å². The molecular weight excluding hydrogens is 483 g/mol. The van der Waals surface area contributed by atoms with Crippen LogP contribution in [-0.4, -0.2) is 23.1 Å². The maximum Gasteiger partial charge on any atom is 0.341 e. The van der Waals surface area contributed by atoms with Crippen LogP contribution in [0.25, 0.3) is 21.3 Å². The van der Waals surface area contributed by atoms with Crippen LogP contribution >= 0.6 is 22.7 Å². The molecule has 0 aliphatic rings. The van der Waals surface area contributed by atoms with Gasteiger partial charge in [-0.25, -0.2) is 9.18 Å². The molecule has 0 bridgehead atoms. The lowest BCUT2D eigenvalue weighted by molar-refractivity contribution is 0.0529. The molecule has 8 heteroatoms. The van der Waals surface area contributed by atoms with Crippen molar-refractivity contribution in [3.63, 3.8) is 0 Å². The second-order valence-electron chi connectivity index (χ2n) is 7.81. The van der Waals surface area contributed by atoms with E-state index in [4.69, 9.17) is 4.74 Å². The lowest BCUT2D eigenvalue weighted by Crippen LogP contribution is -2.19. The summed E-state index contributed by atoms with van der Waals surface area (Å²) in [5.41, 5.74) is 3.98. The lowest BCUT2D eigenvalue weighted by Gasteiger charge is -2.12. The summed E-state index contributed by atoms with van der Waals surface area (Å²) in [6, 6.07) is 19.6. The van der Waals surface area contributed by atoms with Gasteiger partial charge in [-0.15, -0.1) is 22.7 Å². The number of ether oxygens (including phenoxy) is 1. The Kier molecular flexibility index (Phi) is 6.48. The Bertz CT molecular complexity index is 1520. The van der Waals surface area contributed by atoms with Crippen molar-refractivity contribution in [2.45, 2.75) is 13.5 Å². The molecule has 3 aromatic heterocycles. The minimum atomic E-state index is -0.487. The average molecular weight is 505 g/mol. The Balaban J connectivity index is 1.52. The van der Waals surface area contributed by atoms with Crippen molar-refractivity contribution in [1.29, 1.82) is 0 Å². The number of esters is 1. The fourth-order valence-electron chi connectivity index (χ4n) is 4.01. The molecule has 0 fully saturated rings. The smallest absolute Gasteiger partial charge is 0.341 e. The second kappa shape index (κ2) is 9.85. The van der Waals surface area contributed by atoms with Crippen LogP contribution in [0.4, 0.5) is 9.39 Å². The highest BCUT2D eigenvalue weighted by Gasteiger charge is 2.25. The van der Waals surface area contributed by atoms with Gasteiger partial charge in [0.05, 0.1) is 16.8 Å². The molecule has 0 aliphatic heterocycles. The quantitative estimate of drug-likeness (QED) is 0.242. The molecule has 0 saturated heterocycles. The summed E-state index contributed by atoms with van der Waals surface area (Å²) in [5.74, 6) is -1.16. The van der Waals surface area contributed by atoms with Crippen LogP contribution in [0, 0.1) is 5.82 Å². The van der Waals surface area contributed by atoms with Crippen molar-refractivity contribution < 1.29 is 18.7 Å². The van der Waals surface area contributed by atoms with Gasteiger partial charge in [-0.05, 0) is 47.7 Å². The molecule has 1 N–H and O–H groups in total. The predicted octanol–water partition coefficient (Wildman–Crippen LogP) is 7.05. The Hall–Kier alpha value is -3.75. The van der Waals surface area contributed by atoms with Crippen molar-refractivity contribution in [2.75, 3.05) is 11.9 Å². The van der Waals surface area contributed by atoms with Crippen LogP contribution in [0.15, 0.2) is 77.5 Å². The van der Waals surface area contributed by atoms with Crippen LogP contribution in [0.2, 0.25) is 0 Å². The lowest BCUT2D eigenvalue weighted by atomic mass is 10.0. The van der Waals surface area contributed by atoms with Gasteiger partial charge < -0.3 is 14.6 Å². The van der Waals surface area contributed by atoms with E-state index in [0.29, 0.717) is 28.4 Å². The van der Waals surface area contributed by atoms with E-state index in [1.54, 1.807) is 13.0 Å². The van der Waals surface area contributed by atoms with E-state index in [1.807, 2.05) is 63.9 Å². The Morgan fingerprint density at radius 2 is 1.86 bits per heavy atom. The fraction of sp³-hybridized carbons (Fsp3) is 0.111. The molecular formula is C27H21FN2O3S2. The third kappa shape index (κ3) is 4.62. The highest BCUT2D eigenvalue weighted by Crippen LogP contribution is 2.37. The van der Waals surface area contributed by atoms with E-state index in [2.05, 4.69) is 5.32 Å². The van der Waals surface area contributed by atoms with Gasteiger partial charge in [-0.3, -0.25) is 4.79 Å². The molecule has 0 saturated carbocycles. The van der Waals surface area contributed by atoms with Gasteiger partial charge in [0.2, 0.25) is 0 Å². The van der Waals surface area contributed by atoms with Gasteiger partial charge in [0.15, 0.2) is 0 Å². The summed E-state index contributed by atoms with van der Waals surface area (Å²) in [7, 11) is 0. The number of fused-ring (bicyclic) bond motifs is 1. The molecule has 35 heavy (non-hydrogen) atoms. The van der Waals surface area contributed by atoms with Crippen LogP contribution in [0.3, 0.4) is 0 Å². The molecule has 0 spiro atoms. The van der Waals surface area contributed by atoms with E-state index in [-0.39, 0.29) is 18.3 Å². The van der Waals surface area contributed by atoms with E-state index >= 15 is 0 Å². The topological polar surface area (TPSA) is 60.3 Å². The van der Waals surface area contributed by atoms with E-state index in [0.717, 1.165) is 21.3 Å². The van der Waals surface area contributed by atoms with E-state index in [1.165, 1.54) is 34.8 Å². The summed E-state index contributed by atoms with van der Waals surface area (Å²) in [4.78, 5) is 26.4. The molecule has 3 heterocycles. The largest absolute Gasteiger partial charge is 0.462 e. The molecule has 5 rings (SSSR count). The molecule has 0 aliphatic carbocycles. The monoisotopic (exact) mass is 504 g/mol. The maximum absolute atomic E-state index is 13.8. The maximum atomic E-state index is 13.8. The average Bonchev–Trinajstić information content (AvgIpc) is 3.56. The van der Waals surface area contributed by atoms with Gasteiger partial charge in [0.25, 0.3) is 5.91 Å². The third-order valence-electron chi connectivity index (χ3n) is 5.57. The number of nitrogens with one attached hydrogen (secondary N) is 1. The minimum absolute atomic E-state index is 0.225. The molecule has 176 valence electrons. The van der Waals surface area contributed by atoms with Gasteiger partial charge >= 0.3 is 5.97 Å². The first-order valence-corrected chi connectivity index (χ1v) is 12.8. The summed E-state index contributed by atoms with van der Waals surface area (Å²) in [5, 5.41) is 7.16. The molecule has 1 amide bonds. The highest BCUT2D eigenvalue weighted by molar-refractivity contribution is 7.17. The van der Waals surface area contributed by atoms with E-state index < -0.39 is 5.97 Å². The Labute approximate surface area is 209 Å². The number of thiophene rings is 2. The summed E-state index contributed by atoms with van der Waals surface area (Å²) < 4.78 is 21.9. The number of hydrogen-bond donors (Lipinski definition) is 1. The van der Waals surface area contributed by atoms with Gasteiger partial charge in [-0.1, -0.05) is 42.5 Å². The van der Waals surface area contributed by atoms with Crippen molar-refractivity contribution in [3.05, 3.63) is 100 Å².